The standard InChI is InChI=1S/C14H17NO3S2/c1-3-19-12-11(10-6-4-9-20-10)13(16)15(14(12)17)7-5-8-18-2/h4,6,9H,3,5,7-8H2,1-2H3. The molecule has 6 heteroatoms. The minimum Gasteiger partial charge on any atom is -0.385 e. The number of carbonyl (C=O) groups is 2. The van der Waals surface area contributed by atoms with Gasteiger partial charge in [-0.05, 0) is 23.6 Å². The molecule has 0 saturated heterocycles. The van der Waals surface area contributed by atoms with Crippen molar-refractivity contribution in [1.82, 2.24) is 4.90 Å². The number of nitrogens with zero attached hydrogens (tertiary/aromatic N) is 1. The van der Waals surface area contributed by atoms with E-state index < -0.39 is 0 Å². The second-order valence-corrected chi connectivity index (χ2v) is 6.44. The van der Waals surface area contributed by atoms with Gasteiger partial charge in [0.15, 0.2) is 0 Å². The number of carbonyl (C=O) groups excluding carboxylic acids is 2. The average Bonchev–Trinajstić information content (AvgIpc) is 3.02. The maximum atomic E-state index is 12.5. The molecule has 1 aromatic heterocycles. The van der Waals surface area contributed by atoms with E-state index in [9.17, 15) is 9.59 Å². The smallest absolute Gasteiger partial charge is 0.268 e. The molecule has 0 fully saturated rings. The van der Waals surface area contributed by atoms with E-state index in [1.165, 1.54) is 28.0 Å². The number of ether oxygens (including phenoxy) is 1. The van der Waals surface area contributed by atoms with E-state index in [0.29, 0.717) is 30.1 Å². The summed E-state index contributed by atoms with van der Waals surface area (Å²) in [4.78, 5) is 27.7. The van der Waals surface area contributed by atoms with Gasteiger partial charge in [0, 0.05) is 25.1 Å². The maximum Gasteiger partial charge on any atom is 0.268 e. The zero-order chi connectivity index (χ0) is 14.5. The van der Waals surface area contributed by atoms with Crippen LogP contribution in [-0.4, -0.2) is 42.7 Å². The van der Waals surface area contributed by atoms with E-state index in [-0.39, 0.29) is 11.8 Å². The van der Waals surface area contributed by atoms with Gasteiger partial charge in [-0.2, -0.15) is 0 Å². The van der Waals surface area contributed by atoms with E-state index >= 15 is 0 Å². The molecular weight excluding hydrogens is 294 g/mol. The minimum atomic E-state index is -0.176. The quantitative estimate of drug-likeness (QED) is 0.574. The van der Waals surface area contributed by atoms with E-state index in [1.54, 1.807) is 7.11 Å². The van der Waals surface area contributed by atoms with Crippen molar-refractivity contribution in [3.8, 4) is 0 Å². The van der Waals surface area contributed by atoms with Gasteiger partial charge in [0.1, 0.15) is 0 Å². The molecule has 2 amide bonds. The highest BCUT2D eigenvalue weighted by atomic mass is 32.2. The molecule has 0 unspecified atom stereocenters. The Kier molecular flexibility index (Phi) is 5.39. The van der Waals surface area contributed by atoms with Crippen LogP contribution in [0.15, 0.2) is 22.4 Å². The van der Waals surface area contributed by atoms with Crippen molar-refractivity contribution in [2.45, 2.75) is 13.3 Å². The Morgan fingerprint density at radius 2 is 2.15 bits per heavy atom. The maximum absolute atomic E-state index is 12.5. The lowest BCUT2D eigenvalue weighted by Crippen LogP contribution is -2.32. The molecule has 0 N–H and O–H groups in total. The highest BCUT2D eigenvalue weighted by Gasteiger charge is 2.38. The molecule has 108 valence electrons. The van der Waals surface area contributed by atoms with Crippen LogP contribution in [0.1, 0.15) is 18.2 Å². The van der Waals surface area contributed by atoms with Gasteiger partial charge in [0.25, 0.3) is 11.8 Å². The van der Waals surface area contributed by atoms with Crippen LogP contribution in [0.2, 0.25) is 0 Å². The Morgan fingerprint density at radius 1 is 1.35 bits per heavy atom. The molecule has 0 aliphatic carbocycles. The van der Waals surface area contributed by atoms with Gasteiger partial charge >= 0.3 is 0 Å². The molecule has 1 aliphatic rings. The summed E-state index contributed by atoms with van der Waals surface area (Å²) in [6.45, 7) is 2.94. The van der Waals surface area contributed by atoms with Gasteiger partial charge in [0.2, 0.25) is 0 Å². The van der Waals surface area contributed by atoms with Gasteiger partial charge in [-0.1, -0.05) is 13.0 Å². The van der Waals surface area contributed by atoms with Crippen LogP contribution < -0.4 is 0 Å². The first-order chi connectivity index (χ1) is 9.70. The summed E-state index contributed by atoms with van der Waals surface area (Å²) in [6, 6.07) is 3.78. The molecule has 4 nitrogen and oxygen atoms in total. The summed E-state index contributed by atoms with van der Waals surface area (Å²) in [5.74, 6) is 0.431. The van der Waals surface area contributed by atoms with Gasteiger partial charge in [0.05, 0.1) is 10.5 Å². The summed E-state index contributed by atoms with van der Waals surface area (Å²) < 4.78 is 4.98. The highest BCUT2D eigenvalue weighted by molar-refractivity contribution is 8.04. The Morgan fingerprint density at radius 3 is 2.75 bits per heavy atom. The number of thiophene rings is 1. The van der Waals surface area contributed by atoms with Gasteiger partial charge in [-0.3, -0.25) is 14.5 Å². The molecule has 0 aromatic carbocycles. The zero-order valence-corrected chi connectivity index (χ0v) is 13.2. The van der Waals surface area contributed by atoms with Crippen molar-refractivity contribution in [3.05, 3.63) is 27.3 Å². The van der Waals surface area contributed by atoms with Crippen LogP contribution >= 0.6 is 23.1 Å². The monoisotopic (exact) mass is 311 g/mol. The largest absolute Gasteiger partial charge is 0.385 e. The number of methoxy groups -OCH3 is 1. The van der Waals surface area contributed by atoms with Crippen LogP contribution in [0, 0.1) is 0 Å². The summed E-state index contributed by atoms with van der Waals surface area (Å²) in [5.41, 5.74) is 0.564. The highest BCUT2D eigenvalue weighted by Crippen LogP contribution is 2.37. The van der Waals surface area contributed by atoms with Gasteiger partial charge in [-0.25, -0.2) is 0 Å². The van der Waals surface area contributed by atoms with Crippen molar-refractivity contribution in [3.63, 3.8) is 0 Å². The fraction of sp³-hybridized carbons (Fsp3) is 0.429. The normalized spacial score (nSPS) is 15.6. The first-order valence-electron chi connectivity index (χ1n) is 6.46. The Bertz CT molecular complexity index is 523. The number of rotatable bonds is 7. The molecule has 2 heterocycles. The number of hydrogen-bond donors (Lipinski definition) is 0. The van der Waals surface area contributed by atoms with Crippen LogP contribution in [-0.2, 0) is 14.3 Å². The first-order valence-corrected chi connectivity index (χ1v) is 8.33. The second-order valence-electron chi connectivity index (χ2n) is 4.22. The van der Waals surface area contributed by atoms with E-state index in [2.05, 4.69) is 0 Å². The van der Waals surface area contributed by atoms with Crippen molar-refractivity contribution >= 4 is 40.5 Å². The second kappa shape index (κ2) is 7.06. The number of hydrogen-bond acceptors (Lipinski definition) is 5. The minimum absolute atomic E-state index is 0.165. The fourth-order valence-corrected chi connectivity index (χ4v) is 3.74. The lowest BCUT2D eigenvalue weighted by Gasteiger charge is -2.14. The predicted octanol–water partition coefficient (Wildman–Crippen LogP) is 2.62. The van der Waals surface area contributed by atoms with Crippen LogP contribution in [0.3, 0.4) is 0 Å². The van der Waals surface area contributed by atoms with Crippen molar-refractivity contribution in [2.24, 2.45) is 0 Å². The van der Waals surface area contributed by atoms with Crippen LogP contribution in [0.25, 0.3) is 5.57 Å². The molecule has 20 heavy (non-hydrogen) atoms. The molecule has 0 radical (unpaired) electrons. The average molecular weight is 311 g/mol. The lowest BCUT2D eigenvalue weighted by atomic mass is 10.2. The summed E-state index contributed by atoms with van der Waals surface area (Å²) >= 11 is 2.93. The van der Waals surface area contributed by atoms with Crippen molar-refractivity contribution in [1.29, 1.82) is 0 Å². The van der Waals surface area contributed by atoms with Crippen molar-refractivity contribution in [2.75, 3.05) is 26.0 Å². The molecule has 0 spiro atoms. The molecule has 0 saturated carbocycles. The van der Waals surface area contributed by atoms with E-state index in [0.717, 1.165) is 10.6 Å². The third-order valence-electron chi connectivity index (χ3n) is 2.91. The predicted molar refractivity (Wildman–Crippen MR) is 82.6 cm³/mol. The fourth-order valence-electron chi connectivity index (χ4n) is 2.04. The Labute approximate surface area is 126 Å². The lowest BCUT2D eigenvalue weighted by molar-refractivity contribution is -0.136. The van der Waals surface area contributed by atoms with Gasteiger partial charge in [-0.15, -0.1) is 23.1 Å². The Hall–Kier alpha value is -1.11. The molecule has 2 rings (SSSR count). The zero-order valence-electron chi connectivity index (χ0n) is 11.5. The summed E-state index contributed by atoms with van der Waals surface area (Å²) in [5, 5.41) is 1.92. The summed E-state index contributed by atoms with van der Waals surface area (Å²) in [7, 11) is 1.61. The third-order valence-corrected chi connectivity index (χ3v) is 4.76. The molecule has 0 atom stereocenters. The van der Waals surface area contributed by atoms with Crippen LogP contribution in [0.4, 0.5) is 0 Å². The molecule has 1 aromatic rings. The van der Waals surface area contributed by atoms with Gasteiger partial charge < -0.3 is 4.74 Å². The summed E-state index contributed by atoms with van der Waals surface area (Å²) in [6.07, 6.45) is 0.662. The van der Waals surface area contributed by atoms with E-state index in [1.807, 2.05) is 24.4 Å². The topological polar surface area (TPSA) is 46.6 Å². The Balaban J connectivity index is 2.25. The number of imide groups is 1. The molecular formula is C14H17NO3S2. The SMILES string of the molecule is CCSC1=C(c2cccs2)C(=O)N(CCCOC)C1=O. The molecule has 1 aliphatic heterocycles. The number of thioether (sulfide) groups is 1. The van der Waals surface area contributed by atoms with Crippen LogP contribution in [0.5, 0.6) is 0 Å². The van der Waals surface area contributed by atoms with Crippen molar-refractivity contribution < 1.29 is 14.3 Å². The first kappa shape index (κ1) is 15.3. The van der Waals surface area contributed by atoms with E-state index in [4.69, 9.17) is 4.74 Å². The molecule has 0 bridgehead atoms. The number of amides is 2. The third kappa shape index (κ3) is 2.97.